The van der Waals surface area contributed by atoms with Crippen molar-refractivity contribution in [2.24, 2.45) is 0 Å². The van der Waals surface area contributed by atoms with Gasteiger partial charge in [-0.3, -0.25) is 0 Å². The number of aromatic nitrogens is 1. The summed E-state index contributed by atoms with van der Waals surface area (Å²) in [6.07, 6.45) is 3.67. The molecule has 1 aromatic carbocycles. The Labute approximate surface area is 155 Å². The number of benzene rings is 1. The van der Waals surface area contributed by atoms with E-state index in [0.29, 0.717) is 6.61 Å². The average molecular weight is 356 g/mol. The number of ether oxygens (including phenoxy) is 2. The molecule has 1 fully saturated rings. The highest BCUT2D eigenvalue weighted by Crippen LogP contribution is 2.31. The maximum Gasteiger partial charge on any atom is 0.163 e. The van der Waals surface area contributed by atoms with E-state index in [9.17, 15) is 0 Å². The average Bonchev–Trinajstić information content (AvgIpc) is 3.19. The molecule has 0 amide bonds. The van der Waals surface area contributed by atoms with Crippen LogP contribution in [0.2, 0.25) is 0 Å². The highest BCUT2D eigenvalue weighted by molar-refractivity contribution is 5.62. The van der Waals surface area contributed by atoms with Gasteiger partial charge in [0.1, 0.15) is 11.6 Å². The quantitative estimate of drug-likeness (QED) is 0.668. The van der Waals surface area contributed by atoms with Gasteiger partial charge in [-0.1, -0.05) is 6.07 Å². The van der Waals surface area contributed by atoms with Gasteiger partial charge in [-0.2, -0.15) is 0 Å². The van der Waals surface area contributed by atoms with Gasteiger partial charge < -0.3 is 25.0 Å². The number of rotatable bonds is 9. The number of likely N-dealkylation sites (tertiary alicyclic amines) is 1. The summed E-state index contributed by atoms with van der Waals surface area (Å²) in [5, 5.41) is 6.35. The molecule has 0 saturated carbocycles. The van der Waals surface area contributed by atoms with E-state index in [2.05, 4.69) is 20.5 Å². The Bertz CT molecular complexity index is 702. The van der Waals surface area contributed by atoms with E-state index in [4.69, 9.17) is 9.47 Å². The maximum absolute atomic E-state index is 5.99. The van der Waals surface area contributed by atoms with Crippen molar-refractivity contribution in [2.75, 3.05) is 51.0 Å². The minimum Gasteiger partial charge on any atom is -0.493 e. The summed E-state index contributed by atoms with van der Waals surface area (Å²) in [6, 6.07) is 11.7. The van der Waals surface area contributed by atoms with Crippen molar-refractivity contribution in [1.82, 2.24) is 9.88 Å². The normalized spacial score (nSPS) is 14.2. The lowest BCUT2D eigenvalue weighted by Gasteiger charge is -2.16. The first-order chi connectivity index (χ1) is 12.8. The second kappa shape index (κ2) is 9.29. The summed E-state index contributed by atoms with van der Waals surface area (Å²) in [5.41, 5.74) is 0.918. The molecule has 0 radical (unpaired) electrons. The van der Waals surface area contributed by atoms with E-state index in [-0.39, 0.29) is 0 Å². The minimum absolute atomic E-state index is 0.684. The van der Waals surface area contributed by atoms with Crippen LogP contribution in [0.3, 0.4) is 0 Å². The van der Waals surface area contributed by atoms with Gasteiger partial charge in [-0.25, -0.2) is 4.98 Å². The van der Waals surface area contributed by atoms with Gasteiger partial charge in [0.25, 0.3) is 0 Å². The molecule has 0 atom stereocenters. The summed E-state index contributed by atoms with van der Waals surface area (Å²) < 4.78 is 11.4. The van der Waals surface area contributed by atoms with Crippen molar-refractivity contribution >= 4 is 17.3 Å². The van der Waals surface area contributed by atoms with E-state index < -0.39 is 0 Å². The molecular formula is C20H28N4O2. The highest BCUT2D eigenvalue weighted by atomic mass is 16.5. The lowest BCUT2D eigenvalue weighted by Crippen LogP contribution is -2.21. The number of hydrogen-bond donors (Lipinski definition) is 2. The number of methoxy groups -OCH3 is 1. The smallest absolute Gasteiger partial charge is 0.163 e. The van der Waals surface area contributed by atoms with Gasteiger partial charge in [0.2, 0.25) is 0 Å². The zero-order chi connectivity index (χ0) is 18.2. The molecule has 1 saturated heterocycles. The van der Waals surface area contributed by atoms with Crippen LogP contribution in [-0.4, -0.2) is 50.3 Å². The molecule has 0 aliphatic carbocycles. The number of pyridine rings is 1. The third-order valence-corrected chi connectivity index (χ3v) is 4.52. The SMILES string of the molecule is CNc1cccc(Nc2ccc(OC)c(OCCCN3CCCC3)c2)n1. The van der Waals surface area contributed by atoms with Crippen molar-refractivity contribution in [3.8, 4) is 11.5 Å². The highest BCUT2D eigenvalue weighted by Gasteiger charge is 2.11. The van der Waals surface area contributed by atoms with E-state index in [0.717, 1.165) is 41.8 Å². The van der Waals surface area contributed by atoms with Crippen molar-refractivity contribution in [1.29, 1.82) is 0 Å². The predicted molar refractivity (Wildman–Crippen MR) is 106 cm³/mol. The molecule has 0 bridgehead atoms. The molecule has 0 unspecified atom stereocenters. The Balaban J connectivity index is 1.59. The van der Waals surface area contributed by atoms with Gasteiger partial charge in [0.05, 0.1) is 13.7 Å². The minimum atomic E-state index is 0.684. The number of nitrogens with zero attached hydrogens (tertiary/aromatic N) is 2. The largest absolute Gasteiger partial charge is 0.493 e. The molecule has 6 nitrogen and oxygen atoms in total. The Morgan fingerprint density at radius 1 is 1.08 bits per heavy atom. The fraction of sp³-hybridized carbons (Fsp3) is 0.450. The van der Waals surface area contributed by atoms with Crippen molar-refractivity contribution in [3.05, 3.63) is 36.4 Å². The summed E-state index contributed by atoms with van der Waals surface area (Å²) in [5.74, 6) is 3.10. The fourth-order valence-electron chi connectivity index (χ4n) is 3.14. The summed E-state index contributed by atoms with van der Waals surface area (Å²) in [4.78, 5) is 6.98. The van der Waals surface area contributed by atoms with Crippen LogP contribution in [0, 0.1) is 0 Å². The van der Waals surface area contributed by atoms with Gasteiger partial charge in [-0.05, 0) is 56.6 Å². The molecule has 0 spiro atoms. The Hall–Kier alpha value is -2.47. The summed E-state index contributed by atoms with van der Waals surface area (Å²) in [6.45, 7) is 4.23. The number of nitrogens with one attached hydrogen (secondary N) is 2. The van der Waals surface area contributed by atoms with Crippen molar-refractivity contribution in [2.45, 2.75) is 19.3 Å². The van der Waals surface area contributed by atoms with Gasteiger partial charge in [-0.15, -0.1) is 0 Å². The third kappa shape index (κ3) is 5.02. The van der Waals surface area contributed by atoms with Crippen LogP contribution in [0.25, 0.3) is 0 Å². The maximum atomic E-state index is 5.99. The molecule has 2 aromatic rings. The van der Waals surface area contributed by atoms with E-state index in [1.165, 1.54) is 25.9 Å². The first-order valence-corrected chi connectivity index (χ1v) is 9.23. The molecule has 1 aliphatic rings. The van der Waals surface area contributed by atoms with Crippen molar-refractivity contribution in [3.63, 3.8) is 0 Å². The first kappa shape index (κ1) is 18.3. The topological polar surface area (TPSA) is 58.6 Å². The molecule has 1 aliphatic heterocycles. The summed E-state index contributed by atoms with van der Waals surface area (Å²) >= 11 is 0. The van der Waals surface area contributed by atoms with Crippen LogP contribution >= 0.6 is 0 Å². The monoisotopic (exact) mass is 356 g/mol. The molecule has 3 rings (SSSR count). The van der Waals surface area contributed by atoms with Crippen LogP contribution in [0.15, 0.2) is 36.4 Å². The Morgan fingerprint density at radius 3 is 2.65 bits per heavy atom. The molecular weight excluding hydrogens is 328 g/mol. The molecule has 2 N–H and O–H groups in total. The lowest BCUT2D eigenvalue weighted by molar-refractivity contribution is 0.254. The lowest BCUT2D eigenvalue weighted by atomic mass is 10.2. The zero-order valence-corrected chi connectivity index (χ0v) is 15.6. The second-order valence-corrected chi connectivity index (χ2v) is 6.40. The molecule has 6 heteroatoms. The van der Waals surface area contributed by atoms with Crippen LogP contribution in [0.1, 0.15) is 19.3 Å². The van der Waals surface area contributed by atoms with Gasteiger partial charge >= 0.3 is 0 Å². The fourth-order valence-corrected chi connectivity index (χ4v) is 3.14. The van der Waals surface area contributed by atoms with E-state index in [1.807, 2.05) is 43.4 Å². The van der Waals surface area contributed by atoms with Crippen molar-refractivity contribution < 1.29 is 9.47 Å². The Kier molecular flexibility index (Phi) is 6.55. The Morgan fingerprint density at radius 2 is 1.88 bits per heavy atom. The first-order valence-electron chi connectivity index (χ1n) is 9.23. The predicted octanol–water partition coefficient (Wildman–Crippen LogP) is 3.74. The third-order valence-electron chi connectivity index (χ3n) is 4.52. The zero-order valence-electron chi connectivity index (χ0n) is 15.6. The van der Waals surface area contributed by atoms with Gasteiger partial charge in [0, 0.05) is 25.3 Å². The molecule has 1 aromatic heterocycles. The number of anilines is 3. The van der Waals surface area contributed by atoms with Crippen LogP contribution in [-0.2, 0) is 0 Å². The molecule has 26 heavy (non-hydrogen) atoms. The van der Waals surface area contributed by atoms with Gasteiger partial charge in [0.15, 0.2) is 11.5 Å². The summed E-state index contributed by atoms with van der Waals surface area (Å²) in [7, 11) is 3.52. The van der Waals surface area contributed by atoms with Crippen LogP contribution in [0.5, 0.6) is 11.5 Å². The number of hydrogen-bond acceptors (Lipinski definition) is 6. The van der Waals surface area contributed by atoms with E-state index >= 15 is 0 Å². The standard InChI is InChI=1S/C20H28N4O2/c1-21-19-7-5-8-20(23-19)22-16-9-10-17(25-2)18(15-16)26-14-6-13-24-11-3-4-12-24/h5,7-10,15H,3-4,6,11-14H2,1-2H3,(H2,21,22,23). The second-order valence-electron chi connectivity index (χ2n) is 6.40. The van der Waals surface area contributed by atoms with Crippen LogP contribution in [0.4, 0.5) is 17.3 Å². The van der Waals surface area contributed by atoms with E-state index in [1.54, 1.807) is 7.11 Å². The molecule has 2 heterocycles. The molecule has 140 valence electrons. The van der Waals surface area contributed by atoms with Crippen LogP contribution < -0.4 is 20.1 Å².